The van der Waals surface area contributed by atoms with Crippen molar-refractivity contribution in [3.63, 3.8) is 0 Å². The Balaban J connectivity index is 2.02. The fourth-order valence-electron chi connectivity index (χ4n) is 2.54. The number of hydrogen-bond donors (Lipinski definition) is 2. The van der Waals surface area contributed by atoms with Crippen molar-refractivity contribution in [1.29, 1.82) is 0 Å². The number of nitrogens with one attached hydrogen (secondary N) is 1. The van der Waals surface area contributed by atoms with Gasteiger partial charge in [0.05, 0.1) is 0 Å². The van der Waals surface area contributed by atoms with Crippen LogP contribution in [0.3, 0.4) is 0 Å². The third-order valence-corrected chi connectivity index (χ3v) is 3.85. The average Bonchev–Trinajstić information content (AvgIpc) is 3.06. The molecule has 0 aromatic heterocycles. The Labute approximate surface area is 97.0 Å². The van der Waals surface area contributed by atoms with Gasteiger partial charge in [-0.05, 0) is 45.2 Å². The van der Waals surface area contributed by atoms with E-state index in [0.29, 0.717) is 6.04 Å². The van der Waals surface area contributed by atoms with Crippen LogP contribution in [0.1, 0.15) is 39.0 Å². The van der Waals surface area contributed by atoms with Gasteiger partial charge in [-0.2, -0.15) is 0 Å². The summed E-state index contributed by atoms with van der Waals surface area (Å²) < 4.78 is 0. The van der Waals surface area contributed by atoms with Crippen molar-refractivity contribution in [3.05, 3.63) is 0 Å². The Hall–Kier alpha value is -0.610. The molecule has 1 aliphatic heterocycles. The fourth-order valence-corrected chi connectivity index (χ4v) is 2.54. The van der Waals surface area contributed by atoms with Crippen molar-refractivity contribution >= 4 is 5.97 Å². The maximum Gasteiger partial charge on any atom is 0.323 e. The van der Waals surface area contributed by atoms with Crippen molar-refractivity contribution in [3.8, 4) is 0 Å². The summed E-state index contributed by atoms with van der Waals surface area (Å²) >= 11 is 0. The third-order valence-electron chi connectivity index (χ3n) is 3.85. The number of hydrogen-bond acceptors (Lipinski definition) is 3. The van der Waals surface area contributed by atoms with E-state index in [1.807, 2.05) is 0 Å². The normalized spacial score (nSPS) is 32.3. The molecule has 92 valence electrons. The molecule has 2 rings (SSSR count). The summed E-state index contributed by atoms with van der Waals surface area (Å²) in [6, 6.07) is 0.462. The zero-order chi connectivity index (χ0) is 11.6. The molecule has 4 nitrogen and oxygen atoms in total. The number of rotatable bonds is 4. The van der Waals surface area contributed by atoms with E-state index in [1.165, 1.54) is 0 Å². The molecule has 2 N–H and O–H groups in total. The van der Waals surface area contributed by atoms with Crippen LogP contribution in [0.4, 0.5) is 0 Å². The van der Waals surface area contributed by atoms with E-state index in [-0.39, 0.29) is 0 Å². The van der Waals surface area contributed by atoms with E-state index in [2.05, 4.69) is 17.1 Å². The van der Waals surface area contributed by atoms with Crippen LogP contribution in [-0.2, 0) is 4.79 Å². The van der Waals surface area contributed by atoms with E-state index >= 15 is 0 Å². The molecule has 1 aliphatic carbocycles. The largest absolute Gasteiger partial charge is 0.480 e. The Morgan fingerprint density at radius 2 is 2.19 bits per heavy atom. The van der Waals surface area contributed by atoms with Gasteiger partial charge in [-0.1, -0.05) is 6.92 Å². The van der Waals surface area contributed by atoms with Gasteiger partial charge < -0.3 is 10.0 Å². The first-order valence-corrected chi connectivity index (χ1v) is 6.40. The minimum absolute atomic E-state index is 0.462. The predicted molar refractivity (Wildman–Crippen MR) is 62.5 cm³/mol. The molecule has 0 spiro atoms. The maximum atomic E-state index is 11.5. The standard InChI is InChI=1S/C12H22N2O2/c1-2-14-8-3-6-12(7-9-14,11(15)16)13-10-4-5-10/h10,13H,2-9H2,1H3,(H,15,16). The van der Waals surface area contributed by atoms with E-state index in [9.17, 15) is 9.90 Å². The van der Waals surface area contributed by atoms with Crippen LogP contribution in [0.25, 0.3) is 0 Å². The number of carbonyl (C=O) groups is 1. The molecule has 0 aromatic rings. The first-order valence-electron chi connectivity index (χ1n) is 6.40. The van der Waals surface area contributed by atoms with Crippen LogP contribution in [0.15, 0.2) is 0 Å². The van der Waals surface area contributed by atoms with Crippen molar-refractivity contribution < 1.29 is 9.90 Å². The molecule has 2 fully saturated rings. The number of aliphatic carboxylic acids is 1. The SMILES string of the molecule is CCN1CCCC(NC2CC2)(C(=O)O)CC1. The molecule has 0 amide bonds. The topological polar surface area (TPSA) is 52.6 Å². The first-order chi connectivity index (χ1) is 7.66. The van der Waals surface area contributed by atoms with Crippen LogP contribution < -0.4 is 5.32 Å². The molecule has 0 bridgehead atoms. The average molecular weight is 226 g/mol. The summed E-state index contributed by atoms with van der Waals surface area (Å²) in [5.74, 6) is -0.655. The lowest BCUT2D eigenvalue weighted by Crippen LogP contribution is -2.53. The Bertz CT molecular complexity index is 266. The van der Waals surface area contributed by atoms with E-state index in [0.717, 1.165) is 51.7 Å². The van der Waals surface area contributed by atoms with Crippen LogP contribution in [0.2, 0.25) is 0 Å². The van der Waals surface area contributed by atoms with Gasteiger partial charge in [0.1, 0.15) is 5.54 Å². The van der Waals surface area contributed by atoms with Crippen molar-refractivity contribution in [2.75, 3.05) is 19.6 Å². The highest BCUT2D eigenvalue weighted by molar-refractivity contribution is 5.79. The van der Waals surface area contributed by atoms with Gasteiger partial charge in [0, 0.05) is 12.6 Å². The van der Waals surface area contributed by atoms with Gasteiger partial charge in [0.2, 0.25) is 0 Å². The third kappa shape index (κ3) is 2.55. The molecule has 1 heterocycles. The van der Waals surface area contributed by atoms with Gasteiger partial charge in [0.15, 0.2) is 0 Å². The Kier molecular flexibility index (Phi) is 3.50. The summed E-state index contributed by atoms with van der Waals surface area (Å²) in [5.41, 5.74) is -0.648. The molecular formula is C12H22N2O2. The molecule has 2 aliphatic rings. The highest BCUT2D eigenvalue weighted by Gasteiger charge is 2.43. The molecule has 1 saturated heterocycles. The fraction of sp³-hybridized carbons (Fsp3) is 0.917. The lowest BCUT2D eigenvalue weighted by atomic mass is 9.90. The lowest BCUT2D eigenvalue weighted by Gasteiger charge is -2.29. The summed E-state index contributed by atoms with van der Waals surface area (Å²) in [5, 5.41) is 12.8. The highest BCUT2D eigenvalue weighted by Crippen LogP contribution is 2.29. The van der Waals surface area contributed by atoms with Crippen molar-refractivity contribution in [2.45, 2.75) is 50.6 Å². The van der Waals surface area contributed by atoms with Crippen LogP contribution in [0, 0.1) is 0 Å². The summed E-state index contributed by atoms with van der Waals surface area (Å²) in [4.78, 5) is 13.9. The summed E-state index contributed by atoms with van der Waals surface area (Å²) in [6.45, 7) is 5.11. The zero-order valence-electron chi connectivity index (χ0n) is 10.0. The number of carboxylic acids is 1. The van der Waals surface area contributed by atoms with Gasteiger partial charge in [-0.3, -0.25) is 10.1 Å². The zero-order valence-corrected chi connectivity index (χ0v) is 10.0. The van der Waals surface area contributed by atoms with E-state index in [1.54, 1.807) is 0 Å². The van der Waals surface area contributed by atoms with Gasteiger partial charge in [-0.15, -0.1) is 0 Å². The molecule has 4 heteroatoms. The van der Waals surface area contributed by atoms with Gasteiger partial charge in [0.25, 0.3) is 0 Å². The van der Waals surface area contributed by atoms with Gasteiger partial charge >= 0.3 is 5.97 Å². The molecule has 0 aromatic carbocycles. The molecular weight excluding hydrogens is 204 g/mol. The second-order valence-corrected chi connectivity index (χ2v) is 5.09. The lowest BCUT2D eigenvalue weighted by molar-refractivity contribution is -0.145. The quantitative estimate of drug-likeness (QED) is 0.753. The smallest absolute Gasteiger partial charge is 0.323 e. The van der Waals surface area contributed by atoms with E-state index in [4.69, 9.17) is 0 Å². The predicted octanol–water partition coefficient (Wildman–Crippen LogP) is 1.07. The van der Waals surface area contributed by atoms with Crippen LogP contribution >= 0.6 is 0 Å². The maximum absolute atomic E-state index is 11.5. The number of nitrogens with zero attached hydrogens (tertiary/aromatic N) is 1. The van der Waals surface area contributed by atoms with Crippen LogP contribution in [0.5, 0.6) is 0 Å². The molecule has 0 radical (unpaired) electrons. The van der Waals surface area contributed by atoms with Crippen molar-refractivity contribution in [1.82, 2.24) is 10.2 Å². The highest BCUT2D eigenvalue weighted by atomic mass is 16.4. The van der Waals surface area contributed by atoms with Gasteiger partial charge in [-0.25, -0.2) is 0 Å². The minimum atomic E-state index is -0.655. The number of likely N-dealkylation sites (tertiary alicyclic amines) is 1. The first kappa shape index (κ1) is 11.9. The summed E-state index contributed by atoms with van der Waals surface area (Å²) in [6.07, 6.45) is 4.79. The minimum Gasteiger partial charge on any atom is -0.480 e. The number of carboxylic acid groups (broad SMARTS) is 1. The molecule has 1 unspecified atom stereocenters. The van der Waals surface area contributed by atoms with Crippen molar-refractivity contribution in [2.24, 2.45) is 0 Å². The monoisotopic (exact) mass is 226 g/mol. The van der Waals surface area contributed by atoms with E-state index < -0.39 is 11.5 Å². The Morgan fingerprint density at radius 3 is 2.75 bits per heavy atom. The molecule has 16 heavy (non-hydrogen) atoms. The Morgan fingerprint density at radius 1 is 1.44 bits per heavy atom. The second kappa shape index (κ2) is 4.72. The molecule has 1 atom stereocenters. The summed E-state index contributed by atoms with van der Waals surface area (Å²) in [7, 11) is 0. The van der Waals surface area contributed by atoms with Crippen LogP contribution in [-0.4, -0.2) is 47.2 Å². The second-order valence-electron chi connectivity index (χ2n) is 5.09. The molecule has 1 saturated carbocycles.